The minimum atomic E-state index is -0.276. The number of nitrogens with zero attached hydrogens (tertiary/aromatic N) is 4. The minimum Gasteiger partial charge on any atom is -0.459 e. The molecule has 4 heterocycles. The quantitative estimate of drug-likeness (QED) is 0.682. The van der Waals surface area contributed by atoms with E-state index in [9.17, 15) is 4.79 Å². The van der Waals surface area contributed by atoms with E-state index in [1.54, 1.807) is 40.4 Å². The fourth-order valence-corrected chi connectivity index (χ4v) is 3.65. The molecule has 3 aromatic rings. The van der Waals surface area contributed by atoms with Crippen molar-refractivity contribution in [1.82, 2.24) is 19.5 Å². The molecule has 0 spiro atoms. The number of thiophene rings is 1. The van der Waals surface area contributed by atoms with Crippen LogP contribution < -0.4 is 0 Å². The van der Waals surface area contributed by atoms with Gasteiger partial charge in [0.1, 0.15) is 12.4 Å². The molecule has 0 radical (unpaired) electrons. The number of hydrogen-bond donors (Lipinski definition) is 0. The summed E-state index contributed by atoms with van der Waals surface area (Å²) < 4.78 is 7.39. The number of rotatable bonds is 4. The summed E-state index contributed by atoms with van der Waals surface area (Å²) in [4.78, 5) is 14.7. The monoisotopic (exact) mass is 342 g/mol. The molecule has 0 saturated carbocycles. The molecule has 0 aromatic carbocycles. The molecule has 0 atom stereocenters. The summed E-state index contributed by atoms with van der Waals surface area (Å²) in [5, 5.41) is 12.0. The molecule has 0 bridgehead atoms. The van der Waals surface area contributed by atoms with E-state index in [4.69, 9.17) is 4.74 Å². The van der Waals surface area contributed by atoms with Crippen molar-refractivity contribution in [3.05, 3.63) is 52.6 Å². The van der Waals surface area contributed by atoms with E-state index in [0.717, 1.165) is 32.5 Å². The predicted molar refractivity (Wildman–Crippen MR) is 91.0 cm³/mol. The Hall–Kier alpha value is -2.25. The summed E-state index contributed by atoms with van der Waals surface area (Å²) in [6.45, 7) is 2.89. The Morgan fingerprint density at radius 2 is 2.17 bits per heavy atom. The molecule has 24 heavy (non-hydrogen) atoms. The molecule has 4 rings (SSSR count). The van der Waals surface area contributed by atoms with E-state index < -0.39 is 0 Å². The van der Waals surface area contributed by atoms with Gasteiger partial charge in [-0.1, -0.05) is 0 Å². The lowest BCUT2D eigenvalue weighted by atomic mass is 10.1. The molecule has 124 valence electrons. The first kappa shape index (κ1) is 15.3. The number of aromatic nitrogens is 3. The van der Waals surface area contributed by atoms with Gasteiger partial charge >= 0.3 is 5.97 Å². The molecule has 1 aliphatic rings. The highest BCUT2D eigenvalue weighted by Gasteiger charge is 2.23. The highest BCUT2D eigenvalue weighted by molar-refractivity contribution is 7.07. The highest BCUT2D eigenvalue weighted by atomic mass is 32.1. The van der Waals surface area contributed by atoms with Crippen molar-refractivity contribution in [1.29, 1.82) is 0 Å². The summed E-state index contributed by atoms with van der Waals surface area (Å²) in [6.07, 6.45) is 5.04. The topological polar surface area (TPSA) is 59.7 Å². The van der Waals surface area contributed by atoms with Crippen LogP contribution in [0.15, 0.2) is 41.5 Å². The fourth-order valence-electron chi connectivity index (χ4n) is 2.99. The van der Waals surface area contributed by atoms with Crippen LogP contribution in [0, 0.1) is 0 Å². The number of piperidine rings is 1. The zero-order chi connectivity index (χ0) is 16.4. The maximum Gasteiger partial charge on any atom is 0.339 e. The lowest BCUT2D eigenvalue weighted by Gasteiger charge is -2.31. The van der Waals surface area contributed by atoms with E-state index in [0.29, 0.717) is 11.2 Å². The minimum absolute atomic E-state index is 0.00664. The number of ether oxygens (including phenoxy) is 1. The van der Waals surface area contributed by atoms with Crippen molar-refractivity contribution < 1.29 is 9.53 Å². The molecule has 7 heteroatoms. The zero-order valence-electron chi connectivity index (χ0n) is 13.2. The maximum atomic E-state index is 12.3. The van der Waals surface area contributed by atoms with Gasteiger partial charge in [0.05, 0.1) is 5.56 Å². The van der Waals surface area contributed by atoms with Crippen LogP contribution >= 0.6 is 11.3 Å². The normalized spacial score (nSPS) is 16.5. The van der Waals surface area contributed by atoms with E-state index >= 15 is 0 Å². The first-order valence-electron chi connectivity index (χ1n) is 8.02. The van der Waals surface area contributed by atoms with Crippen molar-refractivity contribution in [3.63, 3.8) is 0 Å². The summed E-state index contributed by atoms with van der Waals surface area (Å²) in [7, 11) is 0. The van der Waals surface area contributed by atoms with E-state index in [1.165, 1.54) is 5.56 Å². The Kier molecular flexibility index (Phi) is 4.27. The van der Waals surface area contributed by atoms with Gasteiger partial charge in [0.15, 0.2) is 5.65 Å². The molecule has 0 amide bonds. The molecular formula is C17H18N4O2S. The van der Waals surface area contributed by atoms with Gasteiger partial charge in [-0.3, -0.25) is 9.30 Å². The highest BCUT2D eigenvalue weighted by Crippen LogP contribution is 2.19. The van der Waals surface area contributed by atoms with Gasteiger partial charge in [-0.25, -0.2) is 4.79 Å². The number of likely N-dealkylation sites (tertiary alicyclic amines) is 1. The van der Waals surface area contributed by atoms with Gasteiger partial charge in [-0.05, 0) is 47.4 Å². The van der Waals surface area contributed by atoms with Crippen LogP contribution in [-0.2, 0) is 11.3 Å². The summed E-state index contributed by atoms with van der Waals surface area (Å²) in [5.41, 5.74) is 2.61. The Labute approximate surface area is 143 Å². The van der Waals surface area contributed by atoms with Crippen molar-refractivity contribution in [3.8, 4) is 0 Å². The number of fused-ring (bicyclic) bond motifs is 1. The average Bonchev–Trinajstić information content (AvgIpc) is 3.27. The summed E-state index contributed by atoms with van der Waals surface area (Å²) in [6, 6.07) is 5.67. The maximum absolute atomic E-state index is 12.3. The molecule has 1 aliphatic heterocycles. The third-order valence-corrected chi connectivity index (χ3v) is 5.05. The first-order valence-corrected chi connectivity index (χ1v) is 8.96. The molecular weight excluding hydrogens is 324 g/mol. The van der Waals surface area contributed by atoms with Gasteiger partial charge in [0, 0.05) is 25.8 Å². The van der Waals surface area contributed by atoms with Crippen LogP contribution in [-0.4, -0.2) is 44.7 Å². The van der Waals surface area contributed by atoms with Crippen molar-refractivity contribution >= 4 is 23.0 Å². The Morgan fingerprint density at radius 1 is 1.29 bits per heavy atom. The summed E-state index contributed by atoms with van der Waals surface area (Å²) >= 11 is 1.73. The van der Waals surface area contributed by atoms with Gasteiger partial charge in [-0.2, -0.15) is 11.3 Å². The largest absolute Gasteiger partial charge is 0.459 e. The molecule has 1 fully saturated rings. The number of esters is 1. The SMILES string of the molecule is O=C(OC1CCN(Cc2ccsc2)CC1)c1ccc2nncn2c1. The van der Waals surface area contributed by atoms with Crippen LogP contribution in [0.3, 0.4) is 0 Å². The van der Waals surface area contributed by atoms with Crippen molar-refractivity contribution in [2.75, 3.05) is 13.1 Å². The van der Waals surface area contributed by atoms with Crippen molar-refractivity contribution in [2.24, 2.45) is 0 Å². The van der Waals surface area contributed by atoms with Gasteiger partial charge in [0.2, 0.25) is 0 Å². The molecule has 0 N–H and O–H groups in total. The van der Waals surface area contributed by atoms with E-state index in [-0.39, 0.29) is 12.1 Å². The average molecular weight is 342 g/mol. The Morgan fingerprint density at radius 3 is 2.96 bits per heavy atom. The smallest absolute Gasteiger partial charge is 0.339 e. The van der Waals surface area contributed by atoms with Gasteiger partial charge < -0.3 is 4.74 Å². The van der Waals surface area contributed by atoms with Crippen LogP contribution in [0.25, 0.3) is 5.65 Å². The van der Waals surface area contributed by atoms with Crippen LogP contribution in [0.2, 0.25) is 0 Å². The van der Waals surface area contributed by atoms with Gasteiger partial charge in [0.25, 0.3) is 0 Å². The predicted octanol–water partition coefficient (Wildman–Crippen LogP) is 2.61. The second kappa shape index (κ2) is 6.70. The Balaban J connectivity index is 1.32. The molecule has 3 aromatic heterocycles. The van der Waals surface area contributed by atoms with Gasteiger partial charge in [-0.15, -0.1) is 10.2 Å². The molecule has 6 nitrogen and oxygen atoms in total. The zero-order valence-corrected chi connectivity index (χ0v) is 14.0. The number of hydrogen-bond acceptors (Lipinski definition) is 6. The summed E-state index contributed by atoms with van der Waals surface area (Å²) in [5.74, 6) is -0.276. The number of pyridine rings is 1. The first-order chi connectivity index (χ1) is 11.8. The second-order valence-corrected chi connectivity index (χ2v) is 6.81. The van der Waals surface area contributed by atoms with Crippen LogP contribution in [0.4, 0.5) is 0 Å². The standard InChI is InChI=1S/C17H18N4O2S/c22-17(14-1-2-16-19-18-12-21(16)10-14)23-15-3-6-20(7-4-15)9-13-5-8-24-11-13/h1-2,5,8,10-12,15H,3-4,6-7,9H2. The van der Waals surface area contributed by atoms with E-state index in [1.807, 2.05) is 0 Å². The lowest BCUT2D eigenvalue weighted by Crippen LogP contribution is -2.37. The fraction of sp³-hybridized carbons (Fsp3) is 0.353. The van der Waals surface area contributed by atoms with Crippen LogP contribution in [0.5, 0.6) is 0 Å². The van der Waals surface area contributed by atoms with Crippen LogP contribution in [0.1, 0.15) is 28.8 Å². The number of carbonyl (C=O) groups is 1. The second-order valence-electron chi connectivity index (χ2n) is 6.03. The Bertz CT molecular complexity index is 822. The molecule has 0 aliphatic carbocycles. The third kappa shape index (κ3) is 3.32. The number of carbonyl (C=O) groups excluding carboxylic acids is 1. The molecule has 0 unspecified atom stereocenters. The lowest BCUT2D eigenvalue weighted by molar-refractivity contribution is 0.0104. The molecule has 1 saturated heterocycles. The van der Waals surface area contributed by atoms with Crippen molar-refractivity contribution in [2.45, 2.75) is 25.5 Å². The third-order valence-electron chi connectivity index (χ3n) is 4.32. The van der Waals surface area contributed by atoms with E-state index in [2.05, 4.69) is 31.9 Å².